The predicted molar refractivity (Wildman–Crippen MR) is 99.9 cm³/mol. The summed E-state index contributed by atoms with van der Waals surface area (Å²) >= 11 is 0. The monoisotopic (exact) mass is 334 g/mol. The molecule has 0 saturated heterocycles. The van der Waals surface area contributed by atoms with E-state index in [0.717, 1.165) is 54.2 Å². The van der Waals surface area contributed by atoms with E-state index in [1.54, 1.807) is 0 Å². The largest absolute Gasteiger partial charge is 0.307 e. The van der Waals surface area contributed by atoms with Crippen LogP contribution in [0.25, 0.3) is 28.0 Å². The van der Waals surface area contributed by atoms with Crippen molar-refractivity contribution in [2.45, 2.75) is 20.4 Å². The zero-order chi connectivity index (χ0) is 17.2. The Bertz CT molecular complexity index is 995. The quantitative estimate of drug-likeness (QED) is 0.544. The number of aromatic nitrogens is 5. The smallest absolute Gasteiger partial charge is 0.233 e. The summed E-state index contributed by atoms with van der Waals surface area (Å²) < 4.78 is 4.09. The lowest BCUT2D eigenvalue weighted by Crippen LogP contribution is -2.27. The number of nitrogens with zero attached hydrogens (tertiary/aromatic N) is 6. The molecule has 128 valence electrons. The summed E-state index contributed by atoms with van der Waals surface area (Å²) in [6, 6.07) is 16.2. The van der Waals surface area contributed by atoms with Gasteiger partial charge in [0.1, 0.15) is 5.52 Å². The molecule has 0 aliphatic carbocycles. The fourth-order valence-electron chi connectivity index (χ4n) is 3.24. The Morgan fingerprint density at radius 2 is 1.56 bits per heavy atom. The van der Waals surface area contributed by atoms with Crippen LogP contribution in [-0.4, -0.2) is 49.1 Å². The van der Waals surface area contributed by atoms with Crippen molar-refractivity contribution >= 4 is 22.1 Å². The lowest BCUT2D eigenvalue weighted by molar-refractivity contribution is 0.291. The highest BCUT2D eigenvalue weighted by Gasteiger charge is 2.16. The van der Waals surface area contributed by atoms with E-state index in [2.05, 4.69) is 45.8 Å². The fourth-order valence-corrected chi connectivity index (χ4v) is 3.24. The van der Waals surface area contributed by atoms with Gasteiger partial charge in [-0.05, 0) is 37.4 Å². The Kier molecular flexibility index (Phi) is 4.19. The standard InChI is InChI=1S/C19H22N6/c1-3-23(4-2)13-14-24-17-11-7-5-9-15(17)20-19(24)25-18-12-8-6-10-16(18)21-22-25/h5-12H,3-4,13-14H2,1-2H3. The van der Waals surface area contributed by atoms with Gasteiger partial charge in [0.05, 0.1) is 16.6 Å². The number of benzene rings is 2. The van der Waals surface area contributed by atoms with E-state index in [-0.39, 0.29) is 0 Å². The van der Waals surface area contributed by atoms with Crippen molar-refractivity contribution in [2.24, 2.45) is 0 Å². The van der Waals surface area contributed by atoms with Crippen LogP contribution in [0.3, 0.4) is 0 Å². The minimum Gasteiger partial charge on any atom is -0.307 e. The minimum atomic E-state index is 0.821. The summed E-state index contributed by atoms with van der Waals surface area (Å²) in [6.07, 6.45) is 0. The second-order valence-corrected chi connectivity index (χ2v) is 6.07. The van der Waals surface area contributed by atoms with Crippen molar-refractivity contribution in [1.29, 1.82) is 0 Å². The lowest BCUT2D eigenvalue weighted by Gasteiger charge is -2.19. The molecule has 4 rings (SSSR count). The molecule has 0 aliphatic rings. The van der Waals surface area contributed by atoms with Gasteiger partial charge < -0.3 is 9.47 Å². The molecule has 0 N–H and O–H groups in total. The Balaban J connectivity index is 1.84. The molecule has 25 heavy (non-hydrogen) atoms. The molecular weight excluding hydrogens is 312 g/mol. The molecule has 0 spiro atoms. The summed E-state index contributed by atoms with van der Waals surface area (Å²) in [7, 11) is 0. The van der Waals surface area contributed by atoms with E-state index in [4.69, 9.17) is 4.98 Å². The van der Waals surface area contributed by atoms with Gasteiger partial charge in [-0.25, -0.2) is 4.98 Å². The van der Waals surface area contributed by atoms with Crippen LogP contribution in [0.5, 0.6) is 0 Å². The van der Waals surface area contributed by atoms with Gasteiger partial charge in [0.15, 0.2) is 0 Å². The van der Waals surface area contributed by atoms with Crippen LogP contribution in [0.1, 0.15) is 13.8 Å². The summed E-state index contributed by atoms with van der Waals surface area (Å²) in [5.74, 6) is 0.821. The van der Waals surface area contributed by atoms with Crippen LogP contribution in [-0.2, 0) is 6.54 Å². The Morgan fingerprint density at radius 1 is 0.880 bits per heavy atom. The highest BCUT2D eigenvalue weighted by atomic mass is 15.5. The van der Waals surface area contributed by atoms with Crippen LogP contribution in [0.15, 0.2) is 48.5 Å². The van der Waals surface area contributed by atoms with E-state index in [9.17, 15) is 0 Å². The molecule has 0 bridgehead atoms. The molecule has 0 atom stereocenters. The zero-order valence-electron chi connectivity index (χ0n) is 14.6. The third kappa shape index (κ3) is 2.78. The fraction of sp³-hybridized carbons (Fsp3) is 0.316. The molecule has 0 fully saturated rings. The third-order valence-electron chi connectivity index (χ3n) is 4.71. The molecule has 6 nitrogen and oxygen atoms in total. The predicted octanol–water partition coefficient (Wildman–Crippen LogP) is 3.11. The van der Waals surface area contributed by atoms with Crippen molar-refractivity contribution in [3.8, 4) is 5.95 Å². The summed E-state index contributed by atoms with van der Waals surface area (Å²) in [6.45, 7) is 8.33. The van der Waals surface area contributed by atoms with E-state index < -0.39 is 0 Å². The highest BCUT2D eigenvalue weighted by molar-refractivity contribution is 5.79. The third-order valence-corrected chi connectivity index (χ3v) is 4.71. The van der Waals surface area contributed by atoms with Gasteiger partial charge in [0, 0.05) is 13.1 Å². The Morgan fingerprint density at radius 3 is 2.32 bits per heavy atom. The van der Waals surface area contributed by atoms with Gasteiger partial charge in [0.2, 0.25) is 5.95 Å². The van der Waals surface area contributed by atoms with Gasteiger partial charge in [-0.2, -0.15) is 4.68 Å². The first-order chi connectivity index (χ1) is 12.3. The first-order valence-electron chi connectivity index (χ1n) is 8.80. The van der Waals surface area contributed by atoms with E-state index >= 15 is 0 Å². The maximum absolute atomic E-state index is 4.84. The molecule has 2 aromatic heterocycles. The number of hydrogen-bond donors (Lipinski definition) is 0. The summed E-state index contributed by atoms with van der Waals surface area (Å²) in [4.78, 5) is 7.25. The minimum absolute atomic E-state index is 0.821. The Hall–Kier alpha value is -2.73. The van der Waals surface area contributed by atoms with Crippen molar-refractivity contribution in [3.63, 3.8) is 0 Å². The van der Waals surface area contributed by atoms with Gasteiger partial charge in [-0.3, -0.25) is 0 Å². The molecule has 0 saturated carbocycles. The summed E-state index contributed by atoms with van der Waals surface area (Å²) in [5.41, 5.74) is 3.97. The van der Waals surface area contributed by atoms with Gasteiger partial charge in [-0.1, -0.05) is 43.3 Å². The van der Waals surface area contributed by atoms with E-state index in [0.29, 0.717) is 0 Å². The molecule has 0 amide bonds. The second-order valence-electron chi connectivity index (χ2n) is 6.07. The molecule has 6 heteroatoms. The van der Waals surface area contributed by atoms with Crippen LogP contribution in [0, 0.1) is 0 Å². The molecule has 0 unspecified atom stereocenters. The lowest BCUT2D eigenvalue weighted by atomic mass is 10.3. The molecule has 2 aromatic carbocycles. The van der Waals surface area contributed by atoms with Crippen LogP contribution < -0.4 is 0 Å². The van der Waals surface area contributed by atoms with Gasteiger partial charge in [-0.15, -0.1) is 5.10 Å². The topological polar surface area (TPSA) is 51.8 Å². The average molecular weight is 334 g/mol. The number of hydrogen-bond acceptors (Lipinski definition) is 4. The normalized spacial score (nSPS) is 11.8. The average Bonchev–Trinajstić information content (AvgIpc) is 3.24. The van der Waals surface area contributed by atoms with Crippen molar-refractivity contribution in [2.75, 3.05) is 19.6 Å². The maximum Gasteiger partial charge on any atom is 0.233 e. The SMILES string of the molecule is CCN(CC)CCn1c(-n2nnc3ccccc32)nc2ccccc21. The van der Waals surface area contributed by atoms with E-state index in [1.165, 1.54) is 0 Å². The maximum atomic E-state index is 4.84. The second kappa shape index (κ2) is 6.64. The number of fused-ring (bicyclic) bond motifs is 2. The molecule has 2 heterocycles. The summed E-state index contributed by atoms with van der Waals surface area (Å²) in [5, 5.41) is 8.64. The number of imidazole rings is 1. The number of likely N-dealkylation sites (N-methyl/N-ethyl adjacent to an activating group) is 1. The number of para-hydroxylation sites is 3. The van der Waals surface area contributed by atoms with Crippen LogP contribution in [0.2, 0.25) is 0 Å². The zero-order valence-corrected chi connectivity index (χ0v) is 14.6. The van der Waals surface area contributed by atoms with Crippen molar-refractivity contribution in [3.05, 3.63) is 48.5 Å². The first kappa shape index (κ1) is 15.8. The van der Waals surface area contributed by atoms with Gasteiger partial charge in [0.25, 0.3) is 0 Å². The molecule has 4 aromatic rings. The molecular formula is C19H22N6. The molecule has 0 aliphatic heterocycles. The molecule has 0 radical (unpaired) electrons. The van der Waals surface area contributed by atoms with E-state index in [1.807, 2.05) is 41.1 Å². The van der Waals surface area contributed by atoms with Crippen LogP contribution >= 0.6 is 0 Å². The van der Waals surface area contributed by atoms with Gasteiger partial charge >= 0.3 is 0 Å². The first-order valence-corrected chi connectivity index (χ1v) is 8.80. The van der Waals surface area contributed by atoms with Crippen molar-refractivity contribution in [1.82, 2.24) is 29.4 Å². The van der Waals surface area contributed by atoms with Crippen LogP contribution in [0.4, 0.5) is 0 Å². The van der Waals surface area contributed by atoms with Crippen molar-refractivity contribution < 1.29 is 0 Å². The highest BCUT2D eigenvalue weighted by Crippen LogP contribution is 2.21. The Labute approximate surface area is 146 Å². The number of rotatable bonds is 6.